The first-order valence-corrected chi connectivity index (χ1v) is 14.6. The summed E-state index contributed by atoms with van der Waals surface area (Å²) in [6, 6.07) is 12.2. The average Bonchev–Trinajstić information content (AvgIpc) is 2.86. The number of aryl methyl sites for hydroxylation is 2. The summed E-state index contributed by atoms with van der Waals surface area (Å²) in [4.78, 5) is 27.7. The number of nitrogens with zero attached hydrogens (tertiary/aromatic N) is 2. The Balaban J connectivity index is 2.16. The Kier molecular flexibility index (Phi) is 11.4. The monoisotopic (exact) mass is 531 g/mol. The maximum Gasteiger partial charge on any atom is 0.242 e. The second-order valence-electron chi connectivity index (χ2n) is 9.40. The van der Waals surface area contributed by atoms with Gasteiger partial charge in [-0.25, -0.2) is 8.42 Å². The van der Waals surface area contributed by atoms with Crippen molar-refractivity contribution in [2.24, 2.45) is 0 Å². The minimum absolute atomic E-state index is 0.111. The number of methoxy groups -OCH3 is 1. The van der Waals surface area contributed by atoms with Crippen molar-refractivity contribution in [3.63, 3.8) is 0 Å². The van der Waals surface area contributed by atoms with Crippen LogP contribution in [0.4, 0.5) is 5.69 Å². The normalized spacial score (nSPS) is 12.1. The lowest BCUT2D eigenvalue weighted by Crippen LogP contribution is -2.47. The molecular weight excluding hydrogens is 490 g/mol. The topological polar surface area (TPSA) is 96.0 Å². The second-order valence-corrected chi connectivity index (χ2v) is 11.3. The van der Waals surface area contributed by atoms with Gasteiger partial charge in [0, 0.05) is 26.1 Å². The molecule has 0 aliphatic rings. The van der Waals surface area contributed by atoms with Crippen molar-refractivity contribution < 1.29 is 22.7 Å². The number of ether oxygens (including phenoxy) is 1. The minimum Gasteiger partial charge on any atom is -0.497 e. The molecule has 1 atom stereocenters. The average molecular weight is 532 g/mol. The summed E-state index contributed by atoms with van der Waals surface area (Å²) in [6.07, 6.45) is 3.43. The molecule has 1 unspecified atom stereocenters. The van der Waals surface area contributed by atoms with Gasteiger partial charge in [-0.05, 0) is 74.6 Å². The number of rotatable bonds is 14. The molecular formula is C28H41N3O5S. The van der Waals surface area contributed by atoms with Crippen LogP contribution in [-0.2, 0) is 26.2 Å². The molecule has 0 saturated heterocycles. The first-order valence-electron chi connectivity index (χ1n) is 12.7. The van der Waals surface area contributed by atoms with Gasteiger partial charge < -0.3 is 15.0 Å². The molecule has 37 heavy (non-hydrogen) atoms. The smallest absolute Gasteiger partial charge is 0.242 e. The van der Waals surface area contributed by atoms with E-state index < -0.39 is 16.1 Å². The van der Waals surface area contributed by atoms with Crippen LogP contribution in [-0.4, -0.2) is 57.6 Å². The zero-order chi connectivity index (χ0) is 27.6. The fourth-order valence-corrected chi connectivity index (χ4v) is 4.89. The van der Waals surface area contributed by atoms with Crippen LogP contribution in [0.2, 0.25) is 0 Å². The quantitative estimate of drug-likeness (QED) is 0.369. The molecule has 0 heterocycles. The third-order valence-corrected chi connectivity index (χ3v) is 7.63. The molecule has 0 aromatic heterocycles. The highest BCUT2D eigenvalue weighted by Gasteiger charge is 2.26. The van der Waals surface area contributed by atoms with Gasteiger partial charge in [0.1, 0.15) is 11.8 Å². The number of anilines is 1. The molecule has 0 saturated carbocycles. The Hall–Kier alpha value is -3.07. The Morgan fingerprint density at radius 1 is 1.03 bits per heavy atom. The fraction of sp³-hybridized carbons (Fsp3) is 0.500. The largest absolute Gasteiger partial charge is 0.497 e. The van der Waals surface area contributed by atoms with Gasteiger partial charge in [0.2, 0.25) is 21.8 Å². The zero-order valence-corrected chi connectivity index (χ0v) is 23.7. The summed E-state index contributed by atoms with van der Waals surface area (Å²) >= 11 is 0. The molecule has 8 nitrogen and oxygen atoms in total. The number of hydrogen-bond acceptors (Lipinski definition) is 5. The summed E-state index contributed by atoms with van der Waals surface area (Å²) in [5.41, 5.74) is 3.52. The van der Waals surface area contributed by atoms with Crippen molar-refractivity contribution in [3.05, 3.63) is 59.2 Å². The van der Waals surface area contributed by atoms with E-state index in [2.05, 4.69) is 5.32 Å². The number of hydrogen-bond donors (Lipinski definition) is 1. The van der Waals surface area contributed by atoms with Gasteiger partial charge in [-0.1, -0.05) is 31.5 Å². The highest BCUT2D eigenvalue weighted by Crippen LogP contribution is 2.22. The van der Waals surface area contributed by atoms with Gasteiger partial charge in [-0.15, -0.1) is 0 Å². The summed E-state index contributed by atoms with van der Waals surface area (Å²) < 4.78 is 31.6. The molecule has 2 aromatic rings. The van der Waals surface area contributed by atoms with Crippen LogP contribution in [0.15, 0.2) is 42.5 Å². The van der Waals surface area contributed by atoms with Crippen LogP contribution < -0.4 is 14.4 Å². The Morgan fingerprint density at radius 3 is 2.27 bits per heavy atom. The van der Waals surface area contributed by atoms with Crippen molar-refractivity contribution in [2.75, 3.05) is 30.8 Å². The molecule has 0 bridgehead atoms. The molecule has 1 N–H and O–H groups in total. The van der Waals surface area contributed by atoms with Crippen LogP contribution in [0.25, 0.3) is 0 Å². The van der Waals surface area contributed by atoms with Crippen LogP contribution >= 0.6 is 0 Å². The highest BCUT2D eigenvalue weighted by atomic mass is 32.2. The molecule has 2 amide bonds. The fourth-order valence-electron chi connectivity index (χ4n) is 3.93. The molecule has 204 valence electrons. The number of amides is 2. The van der Waals surface area contributed by atoms with Gasteiger partial charge in [0.25, 0.3) is 0 Å². The summed E-state index contributed by atoms with van der Waals surface area (Å²) in [6.45, 7) is 8.67. The van der Waals surface area contributed by atoms with Crippen LogP contribution in [0.5, 0.6) is 5.75 Å². The van der Waals surface area contributed by atoms with E-state index in [1.54, 1.807) is 25.0 Å². The van der Waals surface area contributed by atoms with Crippen molar-refractivity contribution in [1.29, 1.82) is 0 Å². The predicted molar refractivity (Wildman–Crippen MR) is 148 cm³/mol. The van der Waals surface area contributed by atoms with E-state index in [1.807, 2.05) is 57.2 Å². The number of carbonyl (C=O) groups excluding carboxylic acids is 2. The highest BCUT2D eigenvalue weighted by molar-refractivity contribution is 7.92. The summed E-state index contributed by atoms with van der Waals surface area (Å²) in [5.74, 6) is 0.296. The first-order chi connectivity index (χ1) is 17.5. The Labute approximate surface area is 222 Å². The predicted octanol–water partition coefficient (Wildman–Crippen LogP) is 4.19. The van der Waals surface area contributed by atoms with E-state index in [4.69, 9.17) is 4.74 Å². The third kappa shape index (κ3) is 9.07. The van der Waals surface area contributed by atoms with Gasteiger partial charge in [-0.2, -0.15) is 0 Å². The Bertz CT molecular complexity index is 1150. The molecule has 2 aromatic carbocycles. The number of carbonyl (C=O) groups is 2. The lowest BCUT2D eigenvalue weighted by Gasteiger charge is -2.29. The Morgan fingerprint density at radius 2 is 1.70 bits per heavy atom. The van der Waals surface area contributed by atoms with Crippen molar-refractivity contribution >= 4 is 27.5 Å². The number of unbranched alkanes of at least 4 members (excludes halogenated alkanes) is 1. The maximum absolute atomic E-state index is 13.4. The molecule has 0 aliphatic carbocycles. The standard InChI is InChI=1S/C28H41N3O5S/c1-7-8-17-29-28(33)23(4)30(20-24-12-15-26(36-5)16-13-24)27(32)10-9-18-31(37(6,34)35)25-14-11-21(2)22(3)19-25/h11-16,19,23H,7-10,17-18,20H2,1-6H3,(H,29,33). The van der Waals surface area contributed by atoms with E-state index in [1.165, 1.54) is 10.6 Å². The molecule has 0 spiro atoms. The molecule has 0 fully saturated rings. The van der Waals surface area contributed by atoms with E-state index in [0.29, 0.717) is 24.4 Å². The molecule has 2 rings (SSSR count). The molecule has 9 heteroatoms. The molecule has 0 radical (unpaired) electrons. The number of sulfonamides is 1. The van der Waals surface area contributed by atoms with Crippen LogP contribution in [0.3, 0.4) is 0 Å². The van der Waals surface area contributed by atoms with Gasteiger partial charge in [-0.3, -0.25) is 13.9 Å². The van der Waals surface area contributed by atoms with Gasteiger partial charge >= 0.3 is 0 Å². The molecule has 0 aliphatic heterocycles. The SMILES string of the molecule is CCCCNC(=O)C(C)N(Cc1ccc(OC)cc1)C(=O)CCCN(c1ccc(C)c(C)c1)S(C)(=O)=O. The third-order valence-electron chi connectivity index (χ3n) is 6.44. The number of nitrogens with one attached hydrogen (secondary N) is 1. The zero-order valence-electron chi connectivity index (χ0n) is 22.9. The van der Waals surface area contributed by atoms with E-state index in [0.717, 1.165) is 29.5 Å². The van der Waals surface area contributed by atoms with Crippen molar-refractivity contribution in [1.82, 2.24) is 10.2 Å². The van der Waals surface area contributed by atoms with Crippen molar-refractivity contribution in [3.8, 4) is 5.75 Å². The van der Waals surface area contributed by atoms with Gasteiger partial charge in [0.15, 0.2) is 0 Å². The van der Waals surface area contributed by atoms with Crippen molar-refractivity contribution in [2.45, 2.75) is 66.0 Å². The maximum atomic E-state index is 13.4. The minimum atomic E-state index is -3.53. The van der Waals surface area contributed by atoms with Gasteiger partial charge in [0.05, 0.1) is 19.1 Å². The lowest BCUT2D eigenvalue weighted by molar-refractivity contribution is -0.140. The second kappa shape index (κ2) is 14.0. The number of benzene rings is 2. The van der Waals surface area contributed by atoms with E-state index in [-0.39, 0.29) is 31.3 Å². The van der Waals surface area contributed by atoms with Crippen LogP contribution in [0.1, 0.15) is 56.2 Å². The first kappa shape index (κ1) is 30.2. The summed E-state index contributed by atoms with van der Waals surface area (Å²) in [5, 5.41) is 2.91. The van der Waals surface area contributed by atoms with Crippen LogP contribution in [0, 0.1) is 13.8 Å². The van der Waals surface area contributed by atoms with E-state index in [9.17, 15) is 18.0 Å². The lowest BCUT2D eigenvalue weighted by atomic mass is 10.1. The summed E-state index contributed by atoms with van der Waals surface area (Å²) in [7, 11) is -1.94. The van der Waals surface area contributed by atoms with E-state index >= 15 is 0 Å².